The highest BCUT2D eigenvalue weighted by atomic mass is 16.4. The van der Waals surface area contributed by atoms with Crippen LogP contribution in [-0.2, 0) is 19.2 Å². The second kappa shape index (κ2) is 8.62. The van der Waals surface area contributed by atoms with E-state index in [-0.39, 0.29) is 18.4 Å². The van der Waals surface area contributed by atoms with Gasteiger partial charge < -0.3 is 26.4 Å². The summed E-state index contributed by atoms with van der Waals surface area (Å²) in [6.45, 7) is 5.11. The van der Waals surface area contributed by atoms with E-state index in [1.165, 1.54) is 11.8 Å². The van der Waals surface area contributed by atoms with Gasteiger partial charge in [0, 0.05) is 6.54 Å². The summed E-state index contributed by atoms with van der Waals surface area (Å²) >= 11 is 0. The predicted molar refractivity (Wildman–Crippen MR) is 85.8 cm³/mol. The molecule has 9 heteroatoms. The number of carboxylic acid groups (broad SMARTS) is 1. The fraction of sp³-hybridized carbons (Fsp3) is 0.733. The number of nitrogens with one attached hydrogen (secondary N) is 2. The van der Waals surface area contributed by atoms with Crippen molar-refractivity contribution >= 4 is 23.7 Å². The van der Waals surface area contributed by atoms with Crippen LogP contribution in [0.1, 0.15) is 33.6 Å². The molecule has 0 aliphatic carbocycles. The largest absolute Gasteiger partial charge is 0.480 e. The Morgan fingerprint density at radius 3 is 2.42 bits per heavy atom. The normalized spacial score (nSPS) is 19.7. The van der Waals surface area contributed by atoms with Crippen LogP contribution in [-0.4, -0.2) is 64.9 Å². The van der Waals surface area contributed by atoms with Gasteiger partial charge in [0.1, 0.15) is 12.1 Å². The van der Waals surface area contributed by atoms with E-state index in [0.29, 0.717) is 19.4 Å². The molecule has 9 nitrogen and oxygen atoms in total. The first kappa shape index (κ1) is 19.9. The van der Waals surface area contributed by atoms with Gasteiger partial charge in [-0.05, 0) is 25.7 Å². The molecule has 1 saturated heterocycles. The number of carboxylic acids is 1. The first-order valence-corrected chi connectivity index (χ1v) is 8.01. The summed E-state index contributed by atoms with van der Waals surface area (Å²) < 4.78 is 0. The Morgan fingerprint density at radius 2 is 1.88 bits per heavy atom. The van der Waals surface area contributed by atoms with Gasteiger partial charge in [-0.15, -0.1) is 0 Å². The summed E-state index contributed by atoms with van der Waals surface area (Å²) in [5.74, 6) is -2.50. The second-order valence-electron chi connectivity index (χ2n) is 6.30. The van der Waals surface area contributed by atoms with Gasteiger partial charge in [0.15, 0.2) is 0 Å². The number of carbonyl (C=O) groups is 4. The lowest BCUT2D eigenvalue weighted by molar-refractivity contribution is -0.143. The molecule has 1 fully saturated rings. The standard InChI is InChI=1S/C15H26N4O5/c1-8(2)12(16)14(22)17-7-11(20)19-6-4-5-10(19)13(21)18-9(3)15(23)24/h8-10,12H,4-7,16H2,1-3H3,(H,17,22)(H,18,21)(H,23,24). The molecule has 3 atom stereocenters. The van der Waals surface area contributed by atoms with Gasteiger partial charge in [-0.2, -0.15) is 0 Å². The third-order valence-electron chi connectivity index (χ3n) is 4.04. The van der Waals surface area contributed by atoms with Crippen LogP contribution in [0, 0.1) is 5.92 Å². The van der Waals surface area contributed by atoms with E-state index in [1.807, 2.05) is 0 Å². The van der Waals surface area contributed by atoms with Crippen molar-refractivity contribution < 1.29 is 24.3 Å². The number of rotatable bonds is 7. The lowest BCUT2D eigenvalue weighted by atomic mass is 10.1. The highest BCUT2D eigenvalue weighted by molar-refractivity contribution is 5.92. The number of nitrogens with two attached hydrogens (primary N) is 1. The fourth-order valence-corrected chi connectivity index (χ4v) is 2.39. The number of amides is 3. The van der Waals surface area contributed by atoms with Crippen LogP contribution in [0.4, 0.5) is 0 Å². The molecule has 1 rings (SSSR count). The maximum atomic E-state index is 12.3. The Labute approximate surface area is 140 Å². The summed E-state index contributed by atoms with van der Waals surface area (Å²) in [7, 11) is 0. The zero-order valence-electron chi connectivity index (χ0n) is 14.2. The van der Waals surface area contributed by atoms with Gasteiger partial charge in [-0.1, -0.05) is 13.8 Å². The molecule has 3 unspecified atom stereocenters. The van der Waals surface area contributed by atoms with Gasteiger partial charge in [0.05, 0.1) is 12.6 Å². The summed E-state index contributed by atoms with van der Waals surface area (Å²) in [5.41, 5.74) is 5.70. The molecule has 0 bridgehead atoms. The quantitative estimate of drug-likeness (QED) is 0.451. The molecule has 5 N–H and O–H groups in total. The molecule has 0 saturated carbocycles. The maximum absolute atomic E-state index is 12.3. The molecule has 3 amide bonds. The molecular weight excluding hydrogens is 316 g/mol. The summed E-state index contributed by atoms with van der Waals surface area (Å²) in [5, 5.41) is 13.7. The SMILES string of the molecule is CC(NC(=O)C1CCCN1C(=O)CNC(=O)C(N)C(C)C)C(=O)O. The van der Waals surface area contributed by atoms with Gasteiger partial charge in [0.2, 0.25) is 17.7 Å². The van der Waals surface area contributed by atoms with Crippen LogP contribution in [0.3, 0.4) is 0 Å². The molecule has 1 aliphatic heterocycles. The highest BCUT2D eigenvalue weighted by Gasteiger charge is 2.35. The summed E-state index contributed by atoms with van der Waals surface area (Å²) in [4.78, 5) is 48.3. The molecule has 0 radical (unpaired) electrons. The van der Waals surface area contributed by atoms with Crippen molar-refractivity contribution in [1.82, 2.24) is 15.5 Å². The Kier molecular flexibility index (Phi) is 7.15. The molecule has 0 aromatic rings. The van der Waals surface area contributed by atoms with Gasteiger partial charge >= 0.3 is 5.97 Å². The Bertz CT molecular complexity index is 508. The summed E-state index contributed by atoms with van der Waals surface area (Å²) in [6.07, 6.45) is 1.11. The first-order valence-electron chi connectivity index (χ1n) is 8.01. The number of hydrogen-bond donors (Lipinski definition) is 4. The second-order valence-corrected chi connectivity index (χ2v) is 6.30. The highest BCUT2D eigenvalue weighted by Crippen LogP contribution is 2.17. The minimum atomic E-state index is -1.14. The molecule has 1 aliphatic rings. The van der Waals surface area contributed by atoms with Gasteiger partial charge in [0.25, 0.3) is 0 Å². The third-order valence-corrected chi connectivity index (χ3v) is 4.04. The molecule has 136 valence electrons. The van der Waals surface area contributed by atoms with E-state index >= 15 is 0 Å². The third kappa shape index (κ3) is 5.19. The van der Waals surface area contributed by atoms with Gasteiger partial charge in [-0.25, -0.2) is 0 Å². The molecule has 0 aromatic carbocycles. The van der Waals surface area contributed by atoms with Crippen LogP contribution in [0.15, 0.2) is 0 Å². The molecule has 0 aromatic heterocycles. The number of carbonyl (C=O) groups excluding carboxylic acids is 3. The van der Waals surface area contributed by atoms with Crippen molar-refractivity contribution in [2.75, 3.05) is 13.1 Å². The van der Waals surface area contributed by atoms with E-state index in [4.69, 9.17) is 10.8 Å². The molecular formula is C15H26N4O5. The van der Waals surface area contributed by atoms with Crippen molar-refractivity contribution in [3.05, 3.63) is 0 Å². The van der Waals surface area contributed by atoms with Crippen LogP contribution < -0.4 is 16.4 Å². The van der Waals surface area contributed by atoms with Crippen molar-refractivity contribution in [2.24, 2.45) is 11.7 Å². The summed E-state index contributed by atoms with van der Waals surface area (Å²) in [6, 6.07) is -2.44. The average molecular weight is 342 g/mol. The van der Waals surface area contributed by atoms with E-state index < -0.39 is 35.9 Å². The Hall–Kier alpha value is -2.16. The van der Waals surface area contributed by atoms with E-state index in [9.17, 15) is 19.2 Å². The van der Waals surface area contributed by atoms with E-state index in [1.54, 1.807) is 13.8 Å². The van der Waals surface area contributed by atoms with Crippen molar-refractivity contribution in [1.29, 1.82) is 0 Å². The van der Waals surface area contributed by atoms with Crippen LogP contribution in [0.2, 0.25) is 0 Å². The minimum absolute atomic E-state index is 0.0529. The van der Waals surface area contributed by atoms with Crippen molar-refractivity contribution in [3.8, 4) is 0 Å². The van der Waals surface area contributed by atoms with Crippen molar-refractivity contribution in [3.63, 3.8) is 0 Å². The Morgan fingerprint density at radius 1 is 1.25 bits per heavy atom. The topological polar surface area (TPSA) is 142 Å². The number of hydrogen-bond acceptors (Lipinski definition) is 5. The zero-order valence-corrected chi connectivity index (χ0v) is 14.2. The molecule has 0 spiro atoms. The lowest BCUT2D eigenvalue weighted by Crippen LogP contribution is -2.53. The predicted octanol–water partition coefficient (Wildman–Crippen LogP) is -1.33. The van der Waals surface area contributed by atoms with Crippen LogP contribution in [0.5, 0.6) is 0 Å². The smallest absolute Gasteiger partial charge is 0.325 e. The fourth-order valence-electron chi connectivity index (χ4n) is 2.39. The van der Waals surface area contributed by atoms with Crippen molar-refractivity contribution in [2.45, 2.75) is 51.7 Å². The number of aliphatic carboxylic acids is 1. The average Bonchev–Trinajstić information content (AvgIpc) is 3.00. The van der Waals surface area contributed by atoms with Gasteiger partial charge in [-0.3, -0.25) is 19.2 Å². The maximum Gasteiger partial charge on any atom is 0.325 e. The Balaban J connectivity index is 2.58. The van der Waals surface area contributed by atoms with Crippen LogP contribution >= 0.6 is 0 Å². The van der Waals surface area contributed by atoms with E-state index in [2.05, 4.69) is 10.6 Å². The minimum Gasteiger partial charge on any atom is -0.480 e. The lowest BCUT2D eigenvalue weighted by Gasteiger charge is -2.25. The monoisotopic (exact) mass is 342 g/mol. The zero-order chi connectivity index (χ0) is 18.4. The number of nitrogens with zero attached hydrogens (tertiary/aromatic N) is 1. The van der Waals surface area contributed by atoms with E-state index in [0.717, 1.165) is 0 Å². The molecule has 1 heterocycles. The van der Waals surface area contributed by atoms with Crippen LogP contribution in [0.25, 0.3) is 0 Å². The number of likely N-dealkylation sites (tertiary alicyclic amines) is 1. The first-order chi connectivity index (χ1) is 11.1. The molecule has 24 heavy (non-hydrogen) atoms.